The zero-order valence-corrected chi connectivity index (χ0v) is 25.0. The molecule has 0 aromatic heterocycles. The molecule has 3 aromatic carbocycles. The van der Waals surface area contributed by atoms with Gasteiger partial charge in [-0.05, 0) is 63.4 Å². The van der Waals surface area contributed by atoms with Gasteiger partial charge in [0.15, 0.2) is 0 Å². The number of rotatable bonds is 11. The lowest BCUT2D eigenvalue weighted by Gasteiger charge is -2.34. The minimum absolute atomic E-state index is 0.0529. The Kier molecular flexibility index (Phi) is 10.9. The molecule has 222 valence electrons. The summed E-state index contributed by atoms with van der Waals surface area (Å²) in [4.78, 5) is 42.6. The van der Waals surface area contributed by atoms with Gasteiger partial charge in [0.2, 0.25) is 11.8 Å². The zero-order chi connectivity index (χ0) is 30.9. The number of phenolic OH excluding ortho intramolecular Hbond substituents is 1. The minimum atomic E-state index is -1.07. The van der Waals surface area contributed by atoms with Crippen LogP contribution in [0.1, 0.15) is 54.6 Å². The van der Waals surface area contributed by atoms with Crippen molar-refractivity contribution >= 4 is 17.9 Å². The molecule has 8 heteroatoms. The van der Waals surface area contributed by atoms with Crippen molar-refractivity contribution in [1.29, 1.82) is 0 Å². The van der Waals surface area contributed by atoms with Crippen LogP contribution < -0.4 is 10.6 Å². The molecule has 0 fully saturated rings. The van der Waals surface area contributed by atoms with Crippen molar-refractivity contribution in [3.63, 3.8) is 0 Å². The highest BCUT2D eigenvalue weighted by atomic mass is 16.6. The lowest BCUT2D eigenvalue weighted by atomic mass is 9.97. The molecule has 3 N–H and O–H groups in total. The quantitative estimate of drug-likeness (QED) is 0.263. The highest BCUT2D eigenvalue weighted by Gasteiger charge is 2.36. The SMILES string of the molecule is C=CCN(C(=O)C(Cc1ccc(O)cc1)NC(=O)OC(C)(C)C)C(C(=O)NCc1ccccc1)c1cc(C)cc(C)c1. The summed E-state index contributed by atoms with van der Waals surface area (Å²) in [7, 11) is 0. The molecular weight excluding hydrogens is 530 g/mol. The fourth-order valence-electron chi connectivity index (χ4n) is 4.70. The second kappa shape index (κ2) is 14.3. The Bertz CT molecular complexity index is 1360. The van der Waals surface area contributed by atoms with E-state index in [-0.39, 0.29) is 31.2 Å². The Morgan fingerprint density at radius 1 is 0.952 bits per heavy atom. The lowest BCUT2D eigenvalue weighted by molar-refractivity contribution is -0.141. The first kappa shape index (κ1) is 31.9. The second-order valence-corrected chi connectivity index (χ2v) is 11.4. The highest BCUT2D eigenvalue weighted by molar-refractivity contribution is 5.92. The van der Waals surface area contributed by atoms with Crippen LogP contribution in [0.2, 0.25) is 0 Å². The van der Waals surface area contributed by atoms with E-state index in [0.29, 0.717) is 11.1 Å². The molecule has 8 nitrogen and oxygen atoms in total. The third-order valence-electron chi connectivity index (χ3n) is 6.40. The first-order valence-corrected chi connectivity index (χ1v) is 13.9. The summed E-state index contributed by atoms with van der Waals surface area (Å²) in [5, 5.41) is 15.5. The summed E-state index contributed by atoms with van der Waals surface area (Å²) in [6, 6.07) is 19.6. The van der Waals surface area contributed by atoms with Crippen molar-refractivity contribution in [2.45, 2.75) is 65.3 Å². The summed E-state index contributed by atoms with van der Waals surface area (Å²) < 4.78 is 5.47. The van der Waals surface area contributed by atoms with Crippen LogP contribution in [-0.4, -0.2) is 46.1 Å². The summed E-state index contributed by atoms with van der Waals surface area (Å²) in [5.41, 5.74) is 3.39. The van der Waals surface area contributed by atoms with Gasteiger partial charge in [-0.25, -0.2) is 4.79 Å². The molecule has 0 spiro atoms. The number of amides is 3. The number of hydrogen-bond acceptors (Lipinski definition) is 5. The van der Waals surface area contributed by atoms with E-state index < -0.39 is 29.7 Å². The molecule has 0 aliphatic rings. The van der Waals surface area contributed by atoms with Crippen LogP contribution in [0.15, 0.2) is 85.5 Å². The Hall–Kier alpha value is -4.59. The van der Waals surface area contributed by atoms with Crippen LogP contribution in [0.4, 0.5) is 4.79 Å². The first-order chi connectivity index (χ1) is 19.9. The van der Waals surface area contributed by atoms with Gasteiger partial charge in [-0.15, -0.1) is 6.58 Å². The molecule has 0 saturated heterocycles. The second-order valence-electron chi connectivity index (χ2n) is 11.4. The number of phenols is 1. The number of carbonyl (C=O) groups excluding carboxylic acids is 3. The van der Waals surface area contributed by atoms with Gasteiger partial charge in [0, 0.05) is 19.5 Å². The Balaban J connectivity index is 2.03. The monoisotopic (exact) mass is 571 g/mol. The molecule has 3 amide bonds. The van der Waals surface area contributed by atoms with Crippen molar-refractivity contribution in [2.24, 2.45) is 0 Å². The highest BCUT2D eigenvalue weighted by Crippen LogP contribution is 2.26. The van der Waals surface area contributed by atoms with Gasteiger partial charge in [0.05, 0.1) is 0 Å². The van der Waals surface area contributed by atoms with Crippen molar-refractivity contribution < 1.29 is 24.2 Å². The van der Waals surface area contributed by atoms with E-state index in [9.17, 15) is 19.5 Å². The molecule has 2 atom stereocenters. The Labute approximate surface area is 248 Å². The van der Waals surface area contributed by atoms with E-state index in [1.54, 1.807) is 39.0 Å². The summed E-state index contributed by atoms with van der Waals surface area (Å²) in [6.45, 7) is 13.3. The topological polar surface area (TPSA) is 108 Å². The Morgan fingerprint density at radius 2 is 1.57 bits per heavy atom. The van der Waals surface area contributed by atoms with E-state index in [1.165, 1.54) is 17.0 Å². The van der Waals surface area contributed by atoms with Crippen molar-refractivity contribution in [2.75, 3.05) is 6.54 Å². The van der Waals surface area contributed by atoms with Crippen LogP contribution in [0.3, 0.4) is 0 Å². The average molecular weight is 572 g/mol. The third kappa shape index (κ3) is 9.51. The average Bonchev–Trinajstić information content (AvgIpc) is 2.91. The molecule has 42 heavy (non-hydrogen) atoms. The van der Waals surface area contributed by atoms with Crippen LogP contribution in [0.25, 0.3) is 0 Å². The van der Waals surface area contributed by atoms with E-state index in [0.717, 1.165) is 16.7 Å². The maximum absolute atomic E-state index is 14.3. The number of nitrogens with zero attached hydrogens (tertiary/aromatic N) is 1. The number of carbonyl (C=O) groups is 3. The molecule has 0 aliphatic heterocycles. The molecule has 2 unspecified atom stereocenters. The molecule has 0 bridgehead atoms. The number of hydrogen-bond donors (Lipinski definition) is 3. The number of aromatic hydroxyl groups is 1. The lowest BCUT2D eigenvalue weighted by Crippen LogP contribution is -2.53. The molecular formula is C34H41N3O5. The van der Waals surface area contributed by atoms with Gasteiger partial charge < -0.3 is 25.4 Å². The normalized spacial score (nSPS) is 12.5. The molecule has 3 aromatic rings. The fourth-order valence-corrected chi connectivity index (χ4v) is 4.70. The van der Waals surface area contributed by atoms with E-state index in [1.807, 2.05) is 62.4 Å². The number of ether oxygens (including phenoxy) is 1. The number of aryl methyl sites for hydroxylation is 2. The van der Waals surface area contributed by atoms with Crippen LogP contribution in [-0.2, 0) is 27.3 Å². The molecule has 0 aliphatic carbocycles. The standard InChI is InChI=1S/C34H41N3O5/c1-7-17-37(32(40)29(36-33(41)42-34(4,5)6)21-25-13-15-28(38)16-14-25)30(27-19-23(2)18-24(3)20-27)31(39)35-22-26-11-9-8-10-12-26/h7-16,18-20,29-30,38H,1,17,21-22H2,2-6H3,(H,35,39)(H,36,41). The fraction of sp³-hybridized carbons (Fsp3) is 0.324. The maximum atomic E-state index is 14.3. The summed E-state index contributed by atoms with van der Waals surface area (Å²) >= 11 is 0. The number of alkyl carbamates (subject to hydrolysis) is 1. The van der Waals surface area contributed by atoms with Gasteiger partial charge in [-0.2, -0.15) is 0 Å². The number of benzene rings is 3. The van der Waals surface area contributed by atoms with Gasteiger partial charge in [0.1, 0.15) is 23.4 Å². The largest absolute Gasteiger partial charge is 0.508 e. The van der Waals surface area contributed by atoms with Crippen LogP contribution >= 0.6 is 0 Å². The van der Waals surface area contributed by atoms with E-state index >= 15 is 0 Å². The molecule has 0 saturated carbocycles. The third-order valence-corrected chi connectivity index (χ3v) is 6.40. The van der Waals surface area contributed by atoms with Gasteiger partial charge in [0.25, 0.3) is 0 Å². The summed E-state index contributed by atoms with van der Waals surface area (Å²) in [5.74, 6) is -0.757. The Morgan fingerprint density at radius 3 is 2.14 bits per heavy atom. The molecule has 3 rings (SSSR count). The van der Waals surface area contributed by atoms with Gasteiger partial charge in [-0.3, -0.25) is 9.59 Å². The first-order valence-electron chi connectivity index (χ1n) is 13.9. The smallest absolute Gasteiger partial charge is 0.408 e. The van der Waals surface area contributed by atoms with Crippen molar-refractivity contribution in [3.8, 4) is 5.75 Å². The van der Waals surface area contributed by atoms with Crippen LogP contribution in [0.5, 0.6) is 5.75 Å². The predicted octanol–water partition coefficient (Wildman–Crippen LogP) is 5.52. The number of nitrogens with one attached hydrogen (secondary N) is 2. The zero-order valence-electron chi connectivity index (χ0n) is 25.0. The van der Waals surface area contributed by atoms with Crippen molar-refractivity contribution in [3.05, 3.63) is 113 Å². The maximum Gasteiger partial charge on any atom is 0.408 e. The van der Waals surface area contributed by atoms with Gasteiger partial charge in [-0.1, -0.05) is 77.9 Å². The van der Waals surface area contributed by atoms with Crippen molar-refractivity contribution in [1.82, 2.24) is 15.5 Å². The summed E-state index contributed by atoms with van der Waals surface area (Å²) in [6.07, 6.45) is 0.912. The molecule has 0 radical (unpaired) electrons. The predicted molar refractivity (Wildman–Crippen MR) is 164 cm³/mol. The van der Waals surface area contributed by atoms with E-state index in [4.69, 9.17) is 4.74 Å². The van der Waals surface area contributed by atoms with Gasteiger partial charge >= 0.3 is 6.09 Å². The molecule has 0 heterocycles. The minimum Gasteiger partial charge on any atom is -0.508 e. The van der Waals surface area contributed by atoms with E-state index in [2.05, 4.69) is 17.2 Å². The van der Waals surface area contributed by atoms with Crippen LogP contribution in [0, 0.1) is 13.8 Å².